The third kappa shape index (κ3) is 7.75. The summed E-state index contributed by atoms with van der Waals surface area (Å²) in [6.45, 7) is 6.74. The van der Waals surface area contributed by atoms with Crippen LogP contribution in [0.1, 0.15) is 38.3 Å². The molecule has 3 aromatic carbocycles. The lowest BCUT2D eigenvalue weighted by atomic mass is 10.1. The number of aryl methyl sites for hydroxylation is 1. The van der Waals surface area contributed by atoms with E-state index in [2.05, 4.69) is 5.32 Å². The second kappa shape index (κ2) is 13.3. The maximum absolute atomic E-state index is 13.9. The smallest absolute Gasteiger partial charge is 0.264 e. The Morgan fingerprint density at radius 2 is 1.64 bits per heavy atom. The fourth-order valence-corrected chi connectivity index (χ4v) is 5.81. The van der Waals surface area contributed by atoms with Crippen molar-refractivity contribution in [2.24, 2.45) is 0 Å². The van der Waals surface area contributed by atoms with Crippen LogP contribution in [-0.2, 0) is 26.2 Å². The molecule has 0 aliphatic heterocycles. The molecule has 208 valence electrons. The summed E-state index contributed by atoms with van der Waals surface area (Å²) >= 11 is 12.5. The summed E-state index contributed by atoms with van der Waals surface area (Å²) in [6, 6.07) is 18.7. The van der Waals surface area contributed by atoms with Crippen LogP contribution < -0.4 is 9.62 Å². The number of carbonyl (C=O) groups is 2. The van der Waals surface area contributed by atoms with Gasteiger partial charge in [0.1, 0.15) is 12.6 Å². The van der Waals surface area contributed by atoms with E-state index in [1.807, 2.05) is 26.8 Å². The van der Waals surface area contributed by atoms with Crippen molar-refractivity contribution < 1.29 is 18.0 Å². The molecule has 0 fully saturated rings. The van der Waals surface area contributed by atoms with Crippen LogP contribution >= 0.6 is 23.2 Å². The SMILES string of the molecule is CC[C@@H](C)NC(=O)[C@H](C)N(Cc1ccc(Cl)cc1Cl)C(=O)CN(c1cccc(C)c1)S(=O)(=O)c1ccccc1. The van der Waals surface area contributed by atoms with E-state index in [1.165, 1.54) is 17.0 Å². The summed E-state index contributed by atoms with van der Waals surface area (Å²) in [7, 11) is -4.11. The van der Waals surface area contributed by atoms with E-state index < -0.39 is 28.5 Å². The fourth-order valence-electron chi connectivity index (χ4n) is 3.91. The van der Waals surface area contributed by atoms with Crippen LogP contribution in [-0.4, -0.2) is 43.8 Å². The molecule has 0 radical (unpaired) electrons. The van der Waals surface area contributed by atoms with E-state index in [-0.39, 0.29) is 23.4 Å². The molecule has 2 amide bonds. The van der Waals surface area contributed by atoms with Crippen molar-refractivity contribution in [3.63, 3.8) is 0 Å². The van der Waals surface area contributed by atoms with Gasteiger partial charge in [0.05, 0.1) is 10.6 Å². The summed E-state index contributed by atoms with van der Waals surface area (Å²) in [6.07, 6.45) is 0.714. The predicted octanol–water partition coefficient (Wildman–Crippen LogP) is 5.83. The molecule has 0 aliphatic carbocycles. The second-order valence-corrected chi connectivity index (χ2v) is 12.1. The quantitative estimate of drug-likeness (QED) is 0.305. The number of benzene rings is 3. The number of anilines is 1. The van der Waals surface area contributed by atoms with E-state index in [0.717, 1.165) is 9.87 Å². The third-order valence-electron chi connectivity index (χ3n) is 6.42. The lowest BCUT2D eigenvalue weighted by molar-refractivity contribution is -0.139. The summed E-state index contributed by atoms with van der Waals surface area (Å²) in [5.41, 5.74) is 1.75. The second-order valence-electron chi connectivity index (χ2n) is 9.41. The van der Waals surface area contributed by atoms with Gasteiger partial charge < -0.3 is 10.2 Å². The Hall–Kier alpha value is -3.07. The van der Waals surface area contributed by atoms with E-state index in [9.17, 15) is 18.0 Å². The summed E-state index contributed by atoms with van der Waals surface area (Å²) in [4.78, 5) is 28.5. The first kappa shape index (κ1) is 30.5. The Morgan fingerprint density at radius 1 is 0.949 bits per heavy atom. The fraction of sp³-hybridized carbons (Fsp3) is 0.310. The Labute approximate surface area is 240 Å². The number of halogens is 2. The summed E-state index contributed by atoms with van der Waals surface area (Å²) in [5.74, 6) is -0.912. The minimum atomic E-state index is -4.11. The molecule has 0 aromatic heterocycles. The average Bonchev–Trinajstić information content (AvgIpc) is 2.91. The van der Waals surface area contributed by atoms with Crippen LogP contribution in [0.2, 0.25) is 10.0 Å². The molecule has 0 aliphatic rings. The van der Waals surface area contributed by atoms with Gasteiger partial charge >= 0.3 is 0 Å². The summed E-state index contributed by atoms with van der Waals surface area (Å²) < 4.78 is 28.6. The number of amides is 2. The highest BCUT2D eigenvalue weighted by atomic mass is 35.5. The molecule has 2 atom stereocenters. The van der Waals surface area contributed by atoms with Crippen molar-refractivity contribution >= 4 is 50.7 Å². The van der Waals surface area contributed by atoms with Crippen molar-refractivity contribution in [3.05, 3.63) is 94.0 Å². The van der Waals surface area contributed by atoms with Gasteiger partial charge in [-0.05, 0) is 74.7 Å². The molecule has 0 heterocycles. The van der Waals surface area contributed by atoms with Gasteiger partial charge in [0.25, 0.3) is 10.0 Å². The minimum Gasteiger partial charge on any atom is -0.352 e. The van der Waals surface area contributed by atoms with Crippen molar-refractivity contribution in [1.82, 2.24) is 10.2 Å². The van der Waals surface area contributed by atoms with Crippen molar-refractivity contribution in [1.29, 1.82) is 0 Å². The van der Waals surface area contributed by atoms with Gasteiger partial charge in [-0.3, -0.25) is 13.9 Å². The first-order valence-electron chi connectivity index (χ1n) is 12.6. The van der Waals surface area contributed by atoms with Crippen LogP contribution in [0.5, 0.6) is 0 Å². The number of nitrogens with zero attached hydrogens (tertiary/aromatic N) is 2. The Kier molecular flexibility index (Phi) is 10.4. The third-order valence-corrected chi connectivity index (χ3v) is 8.80. The normalized spacial score (nSPS) is 12.9. The molecule has 0 saturated heterocycles. The Bertz CT molecular complexity index is 1420. The zero-order valence-corrected chi connectivity index (χ0v) is 24.7. The number of carbonyl (C=O) groups excluding carboxylic acids is 2. The first-order valence-corrected chi connectivity index (χ1v) is 14.8. The van der Waals surface area contributed by atoms with E-state index in [0.29, 0.717) is 27.7 Å². The molecule has 0 unspecified atom stereocenters. The monoisotopic (exact) mass is 589 g/mol. The van der Waals surface area contributed by atoms with E-state index >= 15 is 0 Å². The highest BCUT2D eigenvalue weighted by molar-refractivity contribution is 7.92. The van der Waals surface area contributed by atoms with E-state index in [4.69, 9.17) is 23.2 Å². The molecule has 10 heteroatoms. The predicted molar refractivity (Wildman–Crippen MR) is 157 cm³/mol. The van der Waals surface area contributed by atoms with Gasteiger partial charge in [-0.1, -0.05) is 66.5 Å². The van der Waals surface area contributed by atoms with Gasteiger partial charge in [0, 0.05) is 22.6 Å². The topological polar surface area (TPSA) is 86.8 Å². The van der Waals surface area contributed by atoms with E-state index in [1.54, 1.807) is 61.5 Å². The lowest BCUT2D eigenvalue weighted by Gasteiger charge is -2.32. The standard InChI is InChI=1S/C29H33Cl2N3O4S/c1-5-21(3)32-29(36)22(4)33(18-23-14-15-24(30)17-27(23)31)28(35)19-34(25-11-9-10-20(2)16-25)39(37,38)26-12-7-6-8-13-26/h6-17,21-22H,5,18-19H2,1-4H3,(H,32,36)/t21-,22+/m1/s1. The van der Waals surface area contributed by atoms with Crippen molar-refractivity contribution in [3.8, 4) is 0 Å². The van der Waals surface area contributed by atoms with Crippen LogP contribution in [0.3, 0.4) is 0 Å². The number of hydrogen-bond donors (Lipinski definition) is 1. The molecule has 0 spiro atoms. The zero-order chi connectivity index (χ0) is 28.7. The molecule has 1 N–H and O–H groups in total. The van der Waals surface area contributed by atoms with Crippen LogP contribution in [0.25, 0.3) is 0 Å². The molecule has 39 heavy (non-hydrogen) atoms. The first-order chi connectivity index (χ1) is 18.4. The molecule has 3 rings (SSSR count). The number of nitrogens with one attached hydrogen (secondary N) is 1. The van der Waals surface area contributed by atoms with Gasteiger partial charge in [-0.2, -0.15) is 0 Å². The maximum atomic E-state index is 13.9. The zero-order valence-electron chi connectivity index (χ0n) is 22.4. The molecular formula is C29H33Cl2N3O4S. The van der Waals surface area contributed by atoms with Crippen molar-refractivity contribution in [2.75, 3.05) is 10.8 Å². The van der Waals surface area contributed by atoms with Crippen LogP contribution in [0.4, 0.5) is 5.69 Å². The Balaban J connectivity index is 2.04. The average molecular weight is 591 g/mol. The highest BCUT2D eigenvalue weighted by Crippen LogP contribution is 2.27. The van der Waals surface area contributed by atoms with Crippen molar-refractivity contribution in [2.45, 2.75) is 57.6 Å². The van der Waals surface area contributed by atoms with Gasteiger partial charge in [-0.15, -0.1) is 0 Å². The summed E-state index contributed by atoms with van der Waals surface area (Å²) in [5, 5.41) is 3.67. The molecule has 0 saturated carbocycles. The lowest BCUT2D eigenvalue weighted by Crippen LogP contribution is -2.52. The highest BCUT2D eigenvalue weighted by Gasteiger charge is 2.33. The molecule has 3 aromatic rings. The molecule has 7 nitrogen and oxygen atoms in total. The molecule has 0 bridgehead atoms. The maximum Gasteiger partial charge on any atom is 0.264 e. The van der Waals surface area contributed by atoms with Gasteiger partial charge in [-0.25, -0.2) is 8.42 Å². The van der Waals surface area contributed by atoms with Crippen LogP contribution in [0, 0.1) is 6.92 Å². The Morgan fingerprint density at radius 3 is 2.26 bits per heavy atom. The minimum absolute atomic E-state index is 0.0169. The number of rotatable bonds is 11. The number of sulfonamides is 1. The van der Waals surface area contributed by atoms with Gasteiger partial charge in [0.15, 0.2) is 0 Å². The molecular weight excluding hydrogens is 557 g/mol. The van der Waals surface area contributed by atoms with Gasteiger partial charge in [0.2, 0.25) is 11.8 Å². The van der Waals surface area contributed by atoms with Crippen LogP contribution in [0.15, 0.2) is 77.7 Å². The largest absolute Gasteiger partial charge is 0.352 e. The number of hydrogen-bond acceptors (Lipinski definition) is 4.